The summed E-state index contributed by atoms with van der Waals surface area (Å²) in [6.45, 7) is 10.9. The summed E-state index contributed by atoms with van der Waals surface area (Å²) in [6, 6.07) is 0.715. The highest BCUT2D eigenvalue weighted by molar-refractivity contribution is 4.83. The minimum absolute atomic E-state index is 0.358. The summed E-state index contributed by atoms with van der Waals surface area (Å²) in [4.78, 5) is 2.55. The average molecular weight is 228 g/mol. The molecule has 0 spiro atoms. The van der Waals surface area contributed by atoms with Gasteiger partial charge >= 0.3 is 0 Å². The lowest BCUT2D eigenvalue weighted by Gasteiger charge is -2.38. The smallest absolute Gasteiger partial charge is 0.0596 e. The molecule has 1 aliphatic rings. The fourth-order valence-electron chi connectivity index (χ4n) is 2.52. The number of likely N-dealkylation sites (tertiary alicyclic amines) is 1. The Morgan fingerprint density at radius 1 is 1.44 bits per heavy atom. The van der Waals surface area contributed by atoms with Gasteiger partial charge < -0.3 is 15.0 Å². The van der Waals surface area contributed by atoms with Crippen LogP contribution in [0.15, 0.2) is 0 Å². The van der Waals surface area contributed by atoms with Crippen LogP contribution in [-0.2, 0) is 4.74 Å². The maximum Gasteiger partial charge on any atom is 0.0596 e. The molecule has 0 aliphatic carbocycles. The van der Waals surface area contributed by atoms with Crippen LogP contribution in [0.3, 0.4) is 0 Å². The lowest BCUT2D eigenvalue weighted by molar-refractivity contribution is 0.0436. The molecule has 0 bridgehead atoms. The maximum absolute atomic E-state index is 5.61. The van der Waals surface area contributed by atoms with Gasteiger partial charge in [0, 0.05) is 19.1 Å². The molecule has 1 fully saturated rings. The van der Waals surface area contributed by atoms with E-state index in [1.165, 1.54) is 25.9 Å². The van der Waals surface area contributed by atoms with E-state index in [1.807, 2.05) is 0 Å². The Morgan fingerprint density at radius 3 is 2.75 bits per heavy atom. The molecule has 3 nitrogen and oxygen atoms in total. The Morgan fingerprint density at radius 2 is 2.19 bits per heavy atom. The van der Waals surface area contributed by atoms with Crippen molar-refractivity contribution in [1.82, 2.24) is 10.2 Å². The molecule has 0 aromatic carbocycles. The lowest BCUT2D eigenvalue weighted by atomic mass is 9.90. The van der Waals surface area contributed by atoms with Crippen molar-refractivity contribution >= 4 is 0 Å². The predicted octanol–water partition coefficient (Wildman–Crippen LogP) is 1.73. The number of rotatable bonds is 6. The SMILES string of the molecule is CCC1CN(CCOC(C)C)CCC1NC. The van der Waals surface area contributed by atoms with Crippen LogP contribution in [-0.4, -0.2) is 50.3 Å². The van der Waals surface area contributed by atoms with Crippen molar-refractivity contribution in [2.45, 2.75) is 45.8 Å². The molecule has 16 heavy (non-hydrogen) atoms. The highest BCUT2D eigenvalue weighted by Gasteiger charge is 2.26. The van der Waals surface area contributed by atoms with E-state index in [4.69, 9.17) is 4.74 Å². The van der Waals surface area contributed by atoms with Crippen molar-refractivity contribution in [1.29, 1.82) is 0 Å². The van der Waals surface area contributed by atoms with Gasteiger partial charge in [0.15, 0.2) is 0 Å². The first kappa shape index (κ1) is 13.9. The highest BCUT2D eigenvalue weighted by Crippen LogP contribution is 2.19. The molecule has 3 heteroatoms. The summed E-state index contributed by atoms with van der Waals surface area (Å²) in [5, 5.41) is 3.44. The van der Waals surface area contributed by atoms with Crippen molar-refractivity contribution in [2.75, 3.05) is 33.3 Å². The van der Waals surface area contributed by atoms with Gasteiger partial charge in [0.2, 0.25) is 0 Å². The number of piperidine rings is 1. The quantitative estimate of drug-likeness (QED) is 0.749. The van der Waals surface area contributed by atoms with Crippen molar-refractivity contribution in [3.8, 4) is 0 Å². The van der Waals surface area contributed by atoms with Crippen LogP contribution in [0.25, 0.3) is 0 Å². The van der Waals surface area contributed by atoms with E-state index in [0.717, 1.165) is 19.1 Å². The van der Waals surface area contributed by atoms with Crippen LogP contribution in [0.4, 0.5) is 0 Å². The average Bonchev–Trinajstić information content (AvgIpc) is 2.28. The minimum atomic E-state index is 0.358. The monoisotopic (exact) mass is 228 g/mol. The first-order chi connectivity index (χ1) is 7.67. The summed E-state index contributed by atoms with van der Waals surface area (Å²) in [6.07, 6.45) is 2.90. The molecule has 2 atom stereocenters. The second-order valence-electron chi connectivity index (χ2n) is 5.07. The Kier molecular flexibility index (Phi) is 6.32. The van der Waals surface area contributed by atoms with E-state index in [2.05, 4.69) is 38.0 Å². The molecule has 0 radical (unpaired) electrons. The molecule has 1 heterocycles. The fraction of sp³-hybridized carbons (Fsp3) is 1.00. The standard InChI is InChI=1S/C13H28N2O/c1-5-12-10-15(7-6-13(12)14-4)8-9-16-11(2)3/h11-14H,5-10H2,1-4H3. The summed E-state index contributed by atoms with van der Waals surface area (Å²) >= 11 is 0. The van der Waals surface area contributed by atoms with E-state index in [0.29, 0.717) is 12.1 Å². The normalized spacial score (nSPS) is 27.6. The van der Waals surface area contributed by atoms with Gasteiger partial charge in [-0.3, -0.25) is 0 Å². The van der Waals surface area contributed by atoms with Crippen LogP contribution in [0.5, 0.6) is 0 Å². The van der Waals surface area contributed by atoms with Crippen molar-refractivity contribution in [3.05, 3.63) is 0 Å². The Labute approximate surface area is 101 Å². The van der Waals surface area contributed by atoms with E-state index in [-0.39, 0.29) is 0 Å². The zero-order valence-electron chi connectivity index (χ0n) is 11.3. The maximum atomic E-state index is 5.61. The van der Waals surface area contributed by atoms with Gasteiger partial charge in [-0.1, -0.05) is 13.3 Å². The van der Waals surface area contributed by atoms with Gasteiger partial charge in [0.05, 0.1) is 12.7 Å². The Hall–Kier alpha value is -0.120. The second-order valence-corrected chi connectivity index (χ2v) is 5.07. The topological polar surface area (TPSA) is 24.5 Å². The predicted molar refractivity (Wildman–Crippen MR) is 68.8 cm³/mol. The van der Waals surface area contributed by atoms with Gasteiger partial charge in [-0.15, -0.1) is 0 Å². The zero-order chi connectivity index (χ0) is 12.0. The minimum Gasteiger partial charge on any atom is -0.377 e. The third-order valence-corrected chi connectivity index (χ3v) is 3.57. The fourth-order valence-corrected chi connectivity index (χ4v) is 2.52. The van der Waals surface area contributed by atoms with Crippen molar-refractivity contribution < 1.29 is 4.74 Å². The molecule has 0 saturated carbocycles. The largest absolute Gasteiger partial charge is 0.377 e. The van der Waals surface area contributed by atoms with Gasteiger partial charge in [0.25, 0.3) is 0 Å². The second kappa shape index (κ2) is 7.25. The Bertz CT molecular complexity index is 185. The molecule has 1 rings (SSSR count). The third-order valence-electron chi connectivity index (χ3n) is 3.57. The highest BCUT2D eigenvalue weighted by atomic mass is 16.5. The van der Waals surface area contributed by atoms with Gasteiger partial charge in [0.1, 0.15) is 0 Å². The number of hydrogen-bond acceptors (Lipinski definition) is 3. The van der Waals surface area contributed by atoms with Gasteiger partial charge in [-0.2, -0.15) is 0 Å². The molecule has 0 aromatic rings. The Balaban J connectivity index is 2.25. The molecule has 0 aromatic heterocycles. The van der Waals surface area contributed by atoms with E-state index in [9.17, 15) is 0 Å². The van der Waals surface area contributed by atoms with Gasteiger partial charge in [-0.25, -0.2) is 0 Å². The summed E-state index contributed by atoms with van der Waals surface area (Å²) in [5.41, 5.74) is 0. The zero-order valence-corrected chi connectivity index (χ0v) is 11.3. The van der Waals surface area contributed by atoms with Crippen molar-refractivity contribution in [2.24, 2.45) is 5.92 Å². The first-order valence-electron chi connectivity index (χ1n) is 6.68. The molecule has 1 N–H and O–H groups in total. The number of nitrogens with zero attached hydrogens (tertiary/aromatic N) is 1. The molecule has 96 valence electrons. The van der Waals surface area contributed by atoms with E-state index < -0.39 is 0 Å². The number of ether oxygens (including phenoxy) is 1. The summed E-state index contributed by atoms with van der Waals surface area (Å²) < 4.78 is 5.61. The van der Waals surface area contributed by atoms with Crippen LogP contribution >= 0.6 is 0 Å². The van der Waals surface area contributed by atoms with Crippen LogP contribution in [0.1, 0.15) is 33.6 Å². The van der Waals surface area contributed by atoms with Crippen LogP contribution < -0.4 is 5.32 Å². The van der Waals surface area contributed by atoms with E-state index in [1.54, 1.807) is 0 Å². The molecule has 2 unspecified atom stereocenters. The first-order valence-corrected chi connectivity index (χ1v) is 6.68. The molecular weight excluding hydrogens is 200 g/mol. The molecular formula is C13H28N2O. The lowest BCUT2D eigenvalue weighted by Crippen LogP contribution is -2.48. The molecule has 1 aliphatic heterocycles. The molecule has 0 amide bonds. The van der Waals surface area contributed by atoms with E-state index >= 15 is 0 Å². The van der Waals surface area contributed by atoms with Crippen LogP contribution in [0, 0.1) is 5.92 Å². The molecule has 1 saturated heterocycles. The third kappa shape index (κ3) is 4.40. The summed E-state index contributed by atoms with van der Waals surface area (Å²) in [7, 11) is 2.09. The number of hydrogen-bond donors (Lipinski definition) is 1. The summed E-state index contributed by atoms with van der Waals surface area (Å²) in [5.74, 6) is 0.804. The van der Waals surface area contributed by atoms with Gasteiger partial charge in [-0.05, 0) is 39.8 Å². The van der Waals surface area contributed by atoms with Crippen LogP contribution in [0.2, 0.25) is 0 Å². The number of nitrogens with one attached hydrogen (secondary N) is 1. The van der Waals surface area contributed by atoms with Crippen molar-refractivity contribution in [3.63, 3.8) is 0 Å².